The van der Waals surface area contributed by atoms with Gasteiger partial charge in [-0.1, -0.05) is 61.4 Å². The van der Waals surface area contributed by atoms with E-state index in [-0.39, 0.29) is 5.91 Å². The second kappa shape index (κ2) is 9.98. The Balaban J connectivity index is 1.45. The minimum absolute atomic E-state index is 0.0564. The van der Waals surface area contributed by atoms with E-state index in [1.54, 1.807) is 6.26 Å². The van der Waals surface area contributed by atoms with Gasteiger partial charge < -0.3 is 9.73 Å². The van der Waals surface area contributed by atoms with Crippen LogP contribution in [0.5, 0.6) is 0 Å². The number of benzene rings is 1. The summed E-state index contributed by atoms with van der Waals surface area (Å²) in [5.41, 5.74) is 2.08. The van der Waals surface area contributed by atoms with Crippen LogP contribution in [0.25, 0.3) is 11.4 Å². The molecule has 2 heterocycles. The van der Waals surface area contributed by atoms with Gasteiger partial charge in [-0.25, -0.2) is 0 Å². The first-order chi connectivity index (χ1) is 14.7. The molecule has 1 fully saturated rings. The van der Waals surface area contributed by atoms with Crippen LogP contribution in [0, 0.1) is 12.8 Å². The third-order valence-electron chi connectivity index (χ3n) is 5.65. The lowest BCUT2D eigenvalue weighted by Gasteiger charge is -2.21. The summed E-state index contributed by atoms with van der Waals surface area (Å²) in [6.45, 7) is 3.35. The minimum Gasteiger partial charge on any atom is -0.469 e. The summed E-state index contributed by atoms with van der Waals surface area (Å²) in [5.74, 6) is 2.59. The van der Waals surface area contributed by atoms with Gasteiger partial charge in [-0.3, -0.25) is 9.36 Å². The fraction of sp³-hybridized carbons (Fsp3) is 0.435. The molecule has 1 aliphatic carbocycles. The molecule has 1 aromatic carbocycles. The summed E-state index contributed by atoms with van der Waals surface area (Å²) in [7, 11) is 0. The van der Waals surface area contributed by atoms with Gasteiger partial charge in [0.2, 0.25) is 5.91 Å². The predicted molar refractivity (Wildman–Crippen MR) is 118 cm³/mol. The molecular weight excluding hydrogens is 396 g/mol. The summed E-state index contributed by atoms with van der Waals surface area (Å²) >= 11 is 1.43. The van der Waals surface area contributed by atoms with Crippen LogP contribution in [0.4, 0.5) is 0 Å². The maximum Gasteiger partial charge on any atom is 0.230 e. The highest BCUT2D eigenvalue weighted by Gasteiger charge is 2.19. The van der Waals surface area contributed by atoms with E-state index in [4.69, 9.17) is 4.42 Å². The molecule has 1 saturated carbocycles. The van der Waals surface area contributed by atoms with Crippen molar-refractivity contribution in [1.29, 1.82) is 0 Å². The third kappa shape index (κ3) is 5.14. The van der Waals surface area contributed by atoms with E-state index in [0.717, 1.165) is 34.4 Å². The molecule has 7 heteroatoms. The molecule has 1 aliphatic rings. The molecule has 3 aromatic rings. The quantitative estimate of drug-likeness (QED) is 0.532. The molecule has 0 atom stereocenters. The van der Waals surface area contributed by atoms with Crippen LogP contribution in [0.15, 0.2) is 52.2 Å². The lowest BCUT2D eigenvalue weighted by molar-refractivity contribution is -0.118. The number of aryl methyl sites for hydroxylation is 1. The molecule has 0 unspecified atom stereocenters. The molecule has 0 radical (unpaired) electrons. The highest BCUT2D eigenvalue weighted by Crippen LogP contribution is 2.28. The molecule has 1 N–H and O–H groups in total. The SMILES string of the molecule is Cc1occc1-c1nnc(SCC(=O)NCC2CCCCC2)n1Cc1ccccc1. The van der Waals surface area contributed by atoms with Gasteiger partial charge in [0.05, 0.1) is 24.1 Å². The number of carbonyl (C=O) groups is 1. The highest BCUT2D eigenvalue weighted by atomic mass is 32.2. The van der Waals surface area contributed by atoms with Crippen molar-refractivity contribution >= 4 is 17.7 Å². The number of nitrogens with zero attached hydrogens (tertiary/aromatic N) is 3. The Morgan fingerprint density at radius 1 is 1.17 bits per heavy atom. The van der Waals surface area contributed by atoms with Crippen LogP contribution < -0.4 is 5.32 Å². The zero-order valence-corrected chi connectivity index (χ0v) is 18.2. The molecule has 1 amide bonds. The van der Waals surface area contributed by atoms with Crippen molar-refractivity contribution in [2.75, 3.05) is 12.3 Å². The third-order valence-corrected chi connectivity index (χ3v) is 6.61. The Morgan fingerprint density at radius 3 is 2.70 bits per heavy atom. The summed E-state index contributed by atoms with van der Waals surface area (Å²) in [4.78, 5) is 12.4. The fourth-order valence-electron chi connectivity index (χ4n) is 3.95. The first-order valence-corrected chi connectivity index (χ1v) is 11.6. The number of hydrogen-bond donors (Lipinski definition) is 1. The lowest BCUT2D eigenvalue weighted by atomic mass is 9.89. The van der Waals surface area contributed by atoms with E-state index in [0.29, 0.717) is 18.2 Å². The molecule has 0 aliphatic heterocycles. The van der Waals surface area contributed by atoms with Crippen LogP contribution in [0.2, 0.25) is 0 Å². The predicted octanol–water partition coefficient (Wildman–Crippen LogP) is 4.68. The fourth-order valence-corrected chi connectivity index (χ4v) is 4.72. The van der Waals surface area contributed by atoms with Gasteiger partial charge in [-0.15, -0.1) is 10.2 Å². The summed E-state index contributed by atoms with van der Waals surface area (Å²) in [6.07, 6.45) is 8.02. The number of amides is 1. The smallest absolute Gasteiger partial charge is 0.230 e. The Labute approximate surface area is 181 Å². The number of aromatic nitrogens is 3. The topological polar surface area (TPSA) is 72.9 Å². The van der Waals surface area contributed by atoms with E-state index in [9.17, 15) is 4.79 Å². The molecule has 30 heavy (non-hydrogen) atoms. The molecular formula is C23H28N4O2S. The van der Waals surface area contributed by atoms with Crippen LogP contribution in [-0.2, 0) is 11.3 Å². The van der Waals surface area contributed by atoms with Crippen LogP contribution in [0.1, 0.15) is 43.4 Å². The van der Waals surface area contributed by atoms with Gasteiger partial charge >= 0.3 is 0 Å². The van der Waals surface area contributed by atoms with Crippen molar-refractivity contribution in [2.45, 2.75) is 50.7 Å². The van der Waals surface area contributed by atoms with Gasteiger partial charge in [0.1, 0.15) is 5.76 Å². The number of thioether (sulfide) groups is 1. The lowest BCUT2D eigenvalue weighted by Crippen LogP contribution is -2.31. The van der Waals surface area contributed by atoms with Gasteiger partial charge in [0.15, 0.2) is 11.0 Å². The first-order valence-electron chi connectivity index (χ1n) is 10.6. The average molecular weight is 425 g/mol. The van der Waals surface area contributed by atoms with Crippen molar-refractivity contribution in [3.05, 3.63) is 54.0 Å². The second-order valence-electron chi connectivity index (χ2n) is 7.87. The van der Waals surface area contributed by atoms with Crippen LogP contribution >= 0.6 is 11.8 Å². The Kier molecular flexibility index (Phi) is 6.89. The van der Waals surface area contributed by atoms with E-state index in [1.165, 1.54) is 43.9 Å². The van der Waals surface area contributed by atoms with Gasteiger partial charge in [0.25, 0.3) is 0 Å². The van der Waals surface area contributed by atoms with Crippen molar-refractivity contribution in [2.24, 2.45) is 5.92 Å². The zero-order chi connectivity index (χ0) is 20.8. The number of furan rings is 1. The monoisotopic (exact) mass is 424 g/mol. The number of carbonyl (C=O) groups excluding carboxylic acids is 1. The highest BCUT2D eigenvalue weighted by molar-refractivity contribution is 7.99. The number of nitrogens with one attached hydrogen (secondary N) is 1. The van der Waals surface area contributed by atoms with Crippen LogP contribution in [0.3, 0.4) is 0 Å². The summed E-state index contributed by atoms with van der Waals surface area (Å²) in [5, 5.41) is 12.6. The molecule has 6 nitrogen and oxygen atoms in total. The van der Waals surface area contributed by atoms with Gasteiger partial charge in [-0.05, 0) is 37.3 Å². The van der Waals surface area contributed by atoms with Crippen molar-refractivity contribution < 1.29 is 9.21 Å². The minimum atomic E-state index is 0.0564. The Bertz CT molecular complexity index is 961. The Morgan fingerprint density at radius 2 is 1.97 bits per heavy atom. The first kappa shape index (κ1) is 20.7. The summed E-state index contributed by atoms with van der Waals surface area (Å²) in [6, 6.07) is 12.1. The maximum atomic E-state index is 12.4. The van der Waals surface area contributed by atoms with E-state index >= 15 is 0 Å². The van der Waals surface area contributed by atoms with Gasteiger partial charge in [-0.2, -0.15) is 0 Å². The van der Waals surface area contributed by atoms with Crippen molar-refractivity contribution in [3.8, 4) is 11.4 Å². The van der Waals surface area contributed by atoms with Crippen LogP contribution in [-0.4, -0.2) is 33.0 Å². The van der Waals surface area contributed by atoms with Crippen molar-refractivity contribution in [3.63, 3.8) is 0 Å². The largest absolute Gasteiger partial charge is 0.469 e. The summed E-state index contributed by atoms with van der Waals surface area (Å²) < 4.78 is 7.53. The van der Waals surface area contributed by atoms with E-state index in [2.05, 4.69) is 32.2 Å². The number of hydrogen-bond acceptors (Lipinski definition) is 5. The molecule has 4 rings (SSSR count). The molecule has 2 aromatic heterocycles. The Hall–Kier alpha value is -2.54. The standard InChI is InChI=1S/C23H28N4O2S/c1-17-20(12-13-29-17)22-25-26-23(27(22)15-19-10-6-3-7-11-19)30-16-21(28)24-14-18-8-4-2-5-9-18/h3,6-7,10-13,18H,2,4-5,8-9,14-16H2,1H3,(H,24,28). The normalized spacial score (nSPS) is 14.7. The van der Waals surface area contributed by atoms with E-state index in [1.807, 2.05) is 31.2 Å². The maximum absolute atomic E-state index is 12.4. The number of rotatable bonds is 8. The van der Waals surface area contributed by atoms with Crippen molar-refractivity contribution in [1.82, 2.24) is 20.1 Å². The average Bonchev–Trinajstić information content (AvgIpc) is 3.37. The van der Waals surface area contributed by atoms with E-state index < -0.39 is 0 Å². The zero-order valence-electron chi connectivity index (χ0n) is 17.3. The molecule has 0 spiro atoms. The molecule has 158 valence electrons. The molecule has 0 bridgehead atoms. The van der Waals surface area contributed by atoms with Gasteiger partial charge in [0, 0.05) is 6.54 Å². The second-order valence-corrected chi connectivity index (χ2v) is 8.81. The molecule has 0 saturated heterocycles.